The lowest BCUT2D eigenvalue weighted by Crippen LogP contribution is -2.31. The predicted octanol–water partition coefficient (Wildman–Crippen LogP) is 3.22. The van der Waals surface area contributed by atoms with Gasteiger partial charge < -0.3 is 5.32 Å². The zero-order valence-corrected chi connectivity index (χ0v) is 14.8. The van der Waals surface area contributed by atoms with Crippen molar-refractivity contribution in [2.75, 3.05) is 11.9 Å². The molecule has 1 saturated carbocycles. The Kier molecular flexibility index (Phi) is 5.08. The Hall–Kier alpha value is -2.02. The van der Waals surface area contributed by atoms with Gasteiger partial charge in [0.25, 0.3) is 0 Å². The molecule has 3 rings (SSSR count). The molecule has 0 radical (unpaired) electrons. The summed E-state index contributed by atoms with van der Waals surface area (Å²) in [7, 11) is 0. The summed E-state index contributed by atoms with van der Waals surface area (Å²) in [5, 5.41) is 15.0. The molecule has 1 fully saturated rings. The molecule has 0 aromatic carbocycles. The number of rotatable bonds is 7. The van der Waals surface area contributed by atoms with Crippen molar-refractivity contribution in [1.29, 1.82) is 0 Å². The molecular weight excluding hydrogens is 328 g/mol. The maximum absolute atomic E-state index is 12.1. The second-order valence-electron chi connectivity index (χ2n) is 6.35. The van der Waals surface area contributed by atoms with Crippen LogP contribution >= 0.6 is 11.6 Å². The number of aryl methyl sites for hydroxylation is 2. The fourth-order valence-electron chi connectivity index (χ4n) is 2.76. The summed E-state index contributed by atoms with van der Waals surface area (Å²) >= 11 is 5.81. The largest absolute Gasteiger partial charge is 0.338 e. The Morgan fingerprint density at radius 2 is 2.29 bits per heavy atom. The number of carbonyl (C=O) groups excluding carboxylic acids is 1. The van der Waals surface area contributed by atoms with Crippen molar-refractivity contribution in [2.24, 2.45) is 5.92 Å². The zero-order chi connectivity index (χ0) is 17.1. The van der Waals surface area contributed by atoms with Gasteiger partial charge in [-0.1, -0.05) is 11.6 Å². The smallest absolute Gasteiger partial charge is 0.320 e. The molecule has 0 bridgehead atoms. The van der Waals surface area contributed by atoms with Crippen LogP contribution in [0.3, 0.4) is 0 Å². The molecule has 130 valence electrons. The standard InChI is InChI=1S/C16H23ClN6O/c1-11-8-15(23(21-11)12(2)13-4-5-13)20-16(24)18-6-3-7-22-10-14(17)9-19-22/h8-10,12-13H,3-7H2,1-2H3,(H2,18,20,24)/t12-/m0/s1. The number of nitrogens with one attached hydrogen (secondary N) is 2. The molecule has 2 aromatic heterocycles. The first-order chi connectivity index (χ1) is 11.5. The molecule has 0 unspecified atom stereocenters. The van der Waals surface area contributed by atoms with Crippen LogP contribution in [0, 0.1) is 12.8 Å². The van der Waals surface area contributed by atoms with Crippen LogP contribution in [0.5, 0.6) is 0 Å². The highest BCUT2D eigenvalue weighted by Gasteiger charge is 2.31. The van der Waals surface area contributed by atoms with Gasteiger partial charge in [0.15, 0.2) is 0 Å². The highest BCUT2D eigenvalue weighted by atomic mass is 35.5. The summed E-state index contributed by atoms with van der Waals surface area (Å²) in [6, 6.07) is 2.01. The molecular formula is C16H23ClN6O. The monoisotopic (exact) mass is 350 g/mol. The Balaban J connectivity index is 1.46. The topological polar surface area (TPSA) is 76.8 Å². The molecule has 0 aliphatic heterocycles. The second kappa shape index (κ2) is 7.25. The normalized spacial score (nSPS) is 15.3. The van der Waals surface area contributed by atoms with E-state index < -0.39 is 0 Å². The van der Waals surface area contributed by atoms with Gasteiger partial charge in [0.1, 0.15) is 5.82 Å². The van der Waals surface area contributed by atoms with Crippen LogP contribution in [0.2, 0.25) is 5.02 Å². The first kappa shape index (κ1) is 16.8. The van der Waals surface area contributed by atoms with Gasteiger partial charge in [-0.3, -0.25) is 10.00 Å². The van der Waals surface area contributed by atoms with E-state index in [1.54, 1.807) is 17.1 Å². The fraction of sp³-hybridized carbons (Fsp3) is 0.562. The molecule has 1 aliphatic carbocycles. The van der Waals surface area contributed by atoms with Gasteiger partial charge in [0.05, 0.1) is 23.0 Å². The van der Waals surface area contributed by atoms with Gasteiger partial charge in [-0.25, -0.2) is 9.48 Å². The minimum atomic E-state index is -0.211. The molecule has 1 aliphatic rings. The minimum absolute atomic E-state index is 0.211. The van der Waals surface area contributed by atoms with Crippen molar-refractivity contribution >= 4 is 23.4 Å². The fourth-order valence-corrected chi connectivity index (χ4v) is 2.92. The zero-order valence-electron chi connectivity index (χ0n) is 14.0. The molecule has 8 heteroatoms. The number of urea groups is 1. The first-order valence-electron chi connectivity index (χ1n) is 8.32. The number of amides is 2. The van der Waals surface area contributed by atoms with E-state index in [1.807, 2.05) is 17.7 Å². The Bertz CT molecular complexity index is 705. The van der Waals surface area contributed by atoms with E-state index in [1.165, 1.54) is 12.8 Å². The van der Waals surface area contributed by atoms with Crippen molar-refractivity contribution in [3.05, 3.63) is 29.2 Å². The highest BCUT2D eigenvalue weighted by Crippen LogP contribution is 2.40. The van der Waals surface area contributed by atoms with E-state index in [9.17, 15) is 4.79 Å². The molecule has 2 aromatic rings. The van der Waals surface area contributed by atoms with Crippen LogP contribution < -0.4 is 10.6 Å². The third-order valence-corrected chi connectivity index (χ3v) is 4.44. The van der Waals surface area contributed by atoms with Crippen molar-refractivity contribution < 1.29 is 4.79 Å². The lowest BCUT2D eigenvalue weighted by molar-refractivity contribution is 0.251. The molecule has 2 heterocycles. The first-order valence-corrected chi connectivity index (χ1v) is 8.69. The minimum Gasteiger partial charge on any atom is -0.338 e. The number of anilines is 1. The summed E-state index contributed by atoms with van der Waals surface area (Å²) in [5.41, 5.74) is 0.911. The molecule has 0 saturated heterocycles. The van der Waals surface area contributed by atoms with E-state index in [0.29, 0.717) is 30.1 Å². The molecule has 1 atom stereocenters. The van der Waals surface area contributed by atoms with Gasteiger partial charge in [-0.2, -0.15) is 10.2 Å². The number of hydrogen-bond donors (Lipinski definition) is 2. The lowest BCUT2D eigenvalue weighted by Gasteiger charge is -2.15. The van der Waals surface area contributed by atoms with Crippen LogP contribution in [-0.4, -0.2) is 32.1 Å². The van der Waals surface area contributed by atoms with Crippen molar-refractivity contribution in [1.82, 2.24) is 24.9 Å². The van der Waals surface area contributed by atoms with Crippen LogP contribution in [0.4, 0.5) is 10.6 Å². The number of carbonyl (C=O) groups is 1. The molecule has 2 N–H and O–H groups in total. The van der Waals surface area contributed by atoms with Gasteiger partial charge in [0.2, 0.25) is 0 Å². The van der Waals surface area contributed by atoms with E-state index in [0.717, 1.165) is 17.9 Å². The third kappa shape index (κ3) is 4.29. The summed E-state index contributed by atoms with van der Waals surface area (Å²) < 4.78 is 3.69. The van der Waals surface area contributed by atoms with Gasteiger partial charge in [-0.15, -0.1) is 0 Å². The number of aromatic nitrogens is 4. The van der Waals surface area contributed by atoms with E-state index in [4.69, 9.17) is 11.6 Å². The maximum Gasteiger partial charge on any atom is 0.320 e. The van der Waals surface area contributed by atoms with Crippen LogP contribution in [0.1, 0.15) is 37.9 Å². The van der Waals surface area contributed by atoms with E-state index in [-0.39, 0.29) is 6.03 Å². The van der Waals surface area contributed by atoms with Crippen LogP contribution in [0.25, 0.3) is 0 Å². The van der Waals surface area contributed by atoms with E-state index >= 15 is 0 Å². The number of halogens is 1. The van der Waals surface area contributed by atoms with Gasteiger partial charge >= 0.3 is 6.03 Å². The Morgan fingerprint density at radius 3 is 2.96 bits per heavy atom. The predicted molar refractivity (Wildman–Crippen MR) is 93.3 cm³/mol. The third-order valence-electron chi connectivity index (χ3n) is 4.24. The summed E-state index contributed by atoms with van der Waals surface area (Å²) in [6.07, 6.45) is 6.63. The molecule has 2 amide bonds. The van der Waals surface area contributed by atoms with Crippen LogP contribution in [0.15, 0.2) is 18.5 Å². The maximum atomic E-state index is 12.1. The average Bonchev–Trinajstić information content (AvgIpc) is 3.21. The van der Waals surface area contributed by atoms with E-state index in [2.05, 4.69) is 27.8 Å². The number of hydrogen-bond acceptors (Lipinski definition) is 3. The average molecular weight is 351 g/mol. The molecule has 0 spiro atoms. The summed E-state index contributed by atoms with van der Waals surface area (Å²) in [4.78, 5) is 12.1. The van der Waals surface area contributed by atoms with Crippen molar-refractivity contribution in [3.8, 4) is 0 Å². The van der Waals surface area contributed by atoms with Crippen molar-refractivity contribution in [3.63, 3.8) is 0 Å². The number of nitrogens with zero attached hydrogens (tertiary/aromatic N) is 4. The SMILES string of the molecule is Cc1cc(NC(=O)NCCCn2cc(Cl)cn2)n([C@@H](C)C2CC2)n1. The summed E-state index contributed by atoms with van der Waals surface area (Å²) in [5.74, 6) is 1.43. The van der Waals surface area contributed by atoms with Crippen LogP contribution in [-0.2, 0) is 6.54 Å². The Morgan fingerprint density at radius 1 is 1.50 bits per heavy atom. The molecule has 24 heavy (non-hydrogen) atoms. The van der Waals surface area contributed by atoms with Crippen molar-refractivity contribution in [2.45, 2.75) is 45.7 Å². The van der Waals surface area contributed by atoms with Gasteiger partial charge in [0, 0.05) is 25.4 Å². The molecule has 7 nitrogen and oxygen atoms in total. The highest BCUT2D eigenvalue weighted by molar-refractivity contribution is 6.30. The Labute approximate surface area is 146 Å². The second-order valence-corrected chi connectivity index (χ2v) is 6.79. The lowest BCUT2D eigenvalue weighted by atomic mass is 10.2. The quantitative estimate of drug-likeness (QED) is 0.753. The summed E-state index contributed by atoms with van der Waals surface area (Å²) in [6.45, 7) is 5.37. The van der Waals surface area contributed by atoms with Gasteiger partial charge in [-0.05, 0) is 39.0 Å².